The van der Waals surface area contributed by atoms with E-state index in [1.54, 1.807) is 30.0 Å². The van der Waals surface area contributed by atoms with Gasteiger partial charge in [0.05, 0.1) is 30.9 Å². The maximum atomic E-state index is 13.2. The first kappa shape index (κ1) is 29.7. The Morgan fingerprint density at radius 3 is 2.45 bits per heavy atom. The van der Waals surface area contributed by atoms with E-state index in [1.807, 2.05) is 18.9 Å². The van der Waals surface area contributed by atoms with Crippen molar-refractivity contribution in [1.82, 2.24) is 9.80 Å². The van der Waals surface area contributed by atoms with Gasteiger partial charge >= 0.3 is 6.18 Å². The molecule has 0 saturated heterocycles. The highest BCUT2D eigenvalue weighted by Crippen LogP contribution is 2.31. The summed E-state index contributed by atoms with van der Waals surface area (Å²) in [5, 5.41) is 9.76. The number of fused-ring (bicyclic) bond motifs is 1. The third kappa shape index (κ3) is 8.08. The molecule has 1 aliphatic heterocycles. The number of anilines is 1. The second-order valence-corrected chi connectivity index (χ2v) is 11.7. The molecular weight excluding hydrogens is 523 g/mol. The molecule has 2 aromatic rings. The van der Waals surface area contributed by atoms with Crippen molar-refractivity contribution in [3.8, 4) is 5.75 Å². The van der Waals surface area contributed by atoms with E-state index in [1.165, 1.54) is 12.1 Å². The number of rotatable bonds is 8. The van der Waals surface area contributed by atoms with Crippen LogP contribution in [0.25, 0.3) is 0 Å². The fourth-order valence-electron chi connectivity index (χ4n) is 4.41. The standard InChI is InChI=1S/C26H34F3N3O5S/c1-17-13-32(18(2)16-33)25(34)12-20-11-22(30-38(4,35)36)9-10-23(20)37-24(17)15-31(3)14-19-5-7-21(8-6-19)26(27,28)29/h5-11,17-18,24,30,33H,12-16H2,1-4H3/t17-,18+,24-/m0/s1. The number of nitrogens with zero attached hydrogens (tertiary/aromatic N) is 2. The average Bonchev–Trinajstić information content (AvgIpc) is 2.85. The molecule has 0 spiro atoms. The Labute approximate surface area is 221 Å². The molecule has 0 fully saturated rings. The van der Waals surface area contributed by atoms with Crippen LogP contribution < -0.4 is 9.46 Å². The van der Waals surface area contributed by atoms with E-state index in [0.717, 1.165) is 18.4 Å². The van der Waals surface area contributed by atoms with Crippen LogP contribution in [-0.2, 0) is 34.0 Å². The van der Waals surface area contributed by atoms with Crippen molar-refractivity contribution in [3.63, 3.8) is 0 Å². The number of benzene rings is 2. The third-order valence-corrected chi connectivity index (χ3v) is 7.05. The lowest BCUT2D eigenvalue weighted by Crippen LogP contribution is -2.47. The molecule has 0 radical (unpaired) electrons. The zero-order valence-electron chi connectivity index (χ0n) is 21.8. The maximum Gasteiger partial charge on any atom is 0.416 e. The van der Waals surface area contributed by atoms with Gasteiger partial charge in [-0.2, -0.15) is 13.2 Å². The van der Waals surface area contributed by atoms with Crippen LogP contribution in [0.4, 0.5) is 18.9 Å². The van der Waals surface area contributed by atoms with Crippen LogP contribution in [0.1, 0.15) is 30.5 Å². The van der Waals surface area contributed by atoms with Gasteiger partial charge in [0.2, 0.25) is 15.9 Å². The first-order valence-corrected chi connectivity index (χ1v) is 14.1. The lowest BCUT2D eigenvalue weighted by molar-refractivity contribution is -0.137. The molecule has 3 atom stereocenters. The van der Waals surface area contributed by atoms with Crippen molar-refractivity contribution in [2.24, 2.45) is 5.92 Å². The topological polar surface area (TPSA) is 99.2 Å². The maximum absolute atomic E-state index is 13.2. The minimum atomic E-state index is -4.40. The van der Waals surface area contributed by atoms with Crippen LogP contribution in [0.5, 0.6) is 5.75 Å². The Morgan fingerprint density at radius 1 is 1.21 bits per heavy atom. The molecule has 0 bridgehead atoms. The van der Waals surface area contributed by atoms with Crippen molar-refractivity contribution in [3.05, 3.63) is 59.2 Å². The zero-order chi connectivity index (χ0) is 28.3. The van der Waals surface area contributed by atoms with E-state index in [9.17, 15) is 31.5 Å². The molecule has 2 N–H and O–H groups in total. The summed E-state index contributed by atoms with van der Waals surface area (Å²) in [6.07, 6.45) is -3.82. The van der Waals surface area contributed by atoms with Crippen molar-refractivity contribution in [2.75, 3.05) is 37.7 Å². The zero-order valence-corrected chi connectivity index (χ0v) is 22.6. The fraction of sp³-hybridized carbons (Fsp3) is 0.500. The summed E-state index contributed by atoms with van der Waals surface area (Å²) in [6, 6.07) is 9.31. The number of hydrogen-bond acceptors (Lipinski definition) is 6. The summed E-state index contributed by atoms with van der Waals surface area (Å²) in [6.45, 7) is 4.57. The van der Waals surface area contributed by atoms with Gasteiger partial charge in [0, 0.05) is 36.8 Å². The highest BCUT2D eigenvalue weighted by molar-refractivity contribution is 7.92. The molecule has 12 heteroatoms. The summed E-state index contributed by atoms with van der Waals surface area (Å²) < 4.78 is 70.9. The van der Waals surface area contributed by atoms with E-state index in [2.05, 4.69) is 4.72 Å². The molecule has 3 rings (SSSR count). The Kier molecular flexibility index (Phi) is 9.32. The van der Waals surface area contributed by atoms with Crippen LogP contribution >= 0.6 is 0 Å². The predicted octanol–water partition coefficient (Wildman–Crippen LogP) is 3.36. The molecule has 0 saturated carbocycles. The van der Waals surface area contributed by atoms with E-state index in [0.29, 0.717) is 42.2 Å². The molecule has 8 nitrogen and oxygen atoms in total. The Bertz CT molecular complexity index is 1220. The molecule has 0 aliphatic carbocycles. The first-order chi connectivity index (χ1) is 17.7. The monoisotopic (exact) mass is 557 g/mol. The van der Waals surface area contributed by atoms with Crippen LogP contribution in [-0.4, -0.2) is 74.4 Å². The smallest absolute Gasteiger partial charge is 0.416 e. The number of ether oxygens (including phenoxy) is 1. The van der Waals surface area contributed by atoms with E-state index < -0.39 is 33.9 Å². The fourth-order valence-corrected chi connectivity index (χ4v) is 4.96. The van der Waals surface area contributed by atoms with Crippen molar-refractivity contribution < 1.29 is 36.2 Å². The molecule has 1 aliphatic rings. The number of amides is 1. The van der Waals surface area contributed by atoms with E-state index in [-0.39, 0.29) is 24.9 Å². The van der Waals surface area contributed by atoms with Gasteiger partial charge in [-0.1, -0.05) is 19.1 Å². The molecule has 2 aromatic carbocycles. The Hall–Kier alpha value is -2.83. The highest BCUT2D eigenvalue weighted by Gasteiger charge is 2.32. The van der Waals surface area contributed by atoms with E-state index in [4.69, 9.17) is 4.74 Å². The summed E-state index contributed by atoms with van der Waals surface area (Å²) in [4.78, 5) is 16.8. The molecule has 1 heterocycles. The number of hydrogen-bond donors (Lipinski definition) is 2. The van der Waals surface area contributed by atoms with Crippen LogP contribution in [0.3, 0.4) is 0 Å². The van der Waals surface area contributed by atoms with Gasteiger partial charge in [0.15, 0.2) is 0 Å². The first-order valence-electron chi connectivity index (χ1n) is 12.2. The molecular formula is C26H34F3N3O5S. The number of sulfonamides is 1. The predicted molar refractivity (Wildman–Crippen MR) is 138 cm³/mol. The molecule has 210 valence electrons. The van der Waals surface area contributed by atoms with Gasteiger partial charge in [-0.05, 0) is 49.9 Å². The lowest BCUT2D eigenvalue weighted by atomic mass is 10.0. The number of alkyl halides is 3. The summed E-state index contributed by atoms with van der Waals surface area (Å²) in [5.41, 5.74) is 0.802. The van der Waals surface area contributed by atoms with Gasteiger partial charge in [-0.3, -0.25) is 14.4 Å². The van der Waals surface area contributed by atoms with Crippen LogP contribution in [0, 0.1) is 5.92 Å². The van der Waals surface area contributed by atoms with E-state index >= 15 is 0 Å². The lowest BCUT2D eigenvalue weighted by Gasteiger charge is -2.34. The minimum absolute atomic E-state index is 0.0419. The van der Waals surface area contributed by atoms with Crippen molar-refractivity contribution >= 4 is 21.6 Å². The second-order valence-electron chi connectivity index (χ2n) is 9.98. The van der Waals surface area contributed by atoms with Crippen LogP contribution in [0.15, 0.2) is 42.5 Å². The molecule has 1 amide bonds. The van der Waals surface area contributed by atoms with Gasteiger partial charge in [0.1, 0.15) is 11.9 Å². The summed E-state index contributed by atoms with van der Waals surface area (Å²) >= 11 is 0. The number of halogens is 3. The number of nitrogens with one attached hydrogen (secondary N) is 1. The number of carbonyl (C=O) groups excluding carboxylic acids is 1. The number of carbonyl (C=O) groups is 1. The van der Waals surface area contributed by atoms with Gasteiger partial charge in [-0.25, -0.2) is 8.42 Å². The van der Waals surface area contributed by atoms with Gasteiger partial charge in [0.25, 0.3) is 0 Å². The van der Waals surface area contributed by atoms with Crippen molar-refractivity contribution in [1.29, 1.82) is 0 Å². The average molecular weight is 558 g/mol. The number of aliphatic hydroxyl groups excluding tert-OH is 1. The quantitative estimate of drug-likeness (QED) is 0.517. The van der Waals surface area contributed by atoms with Gasteiger partial charge in [-0.15, -0.1) is 0 Å². The molecule has 0 aromatic heterocycles. The van der Waals surface area contributed by atoms with Crippen molar-refractivity contribution in [2.45, 2.75) is 45.1 Å². The number of likely N-dealkylation sites (N-methyl/N-ethyl adjacent to an activating group) is 1. The molecule has 38 heavy (non-hydrogen) atoms. The Balaban J connectivity index is 1.87. The summed E-state index contributed by atoms with van der Waals surface area (Å²) in [7, 11) is -1.70. The highest BCUT2D eigenvalue weighted by atomic mass is 32.2. The van der Waals surface area contributed by atoms with Crippen LogP contribution in [0.2, 0.25) is 0 Å². The molecule has 0 unspecified atom stereocenters. The van der Waals surface area contributed by atoms with Gasteiger partial charge < -0.3 is 14.7 Å². The summed E-state index contributed by atoms with van der Waals surface area (Å²) in [5.74, 6) is 0.0528. The normalized spacial score (nSPS) is 19.7. The third-order valence-electron chi connectivity index (χ3n) is 6.45. The largest absolute Gasteiger partial charge is 0.488 e. The second kappa shape index (κ2) is 11.9. The Morgan fingerprint density at radius 2 is 1.87 bits per heavy atom. The minimum Gasteiger partial charge on any atom is -0.488 e. The SMILES string of the molecule is C[C@H](CO)N1C[C@H](C)[C@H](CN(C)Cc2ccc(C(F)(F)F)cc2)Oc2ccc(NS(C)(=O)=O)cc2CC1=O. The number of aliphatic hydroxyl groups is 1.